The Bertz CT molecular complexity index is 341. The molecule has 0 rings (SSSR count). The summed E-state index contributed by atoms with van der Waals surface area (Å²) in [6.45, 7) is 13.1. The third kappa shape index (κ3) is 36.6. The second-order valence-corrected chi connectivity index (χ2v) is 4.28. The first-order chi connectivity index (χ1) is 10.7. The summed E-state index contributed by atoms with van der Waals surface area (Å²) in [5, 5.41) is 47.7. The lowest BCUT2D eigenvalue weighted by atomic mass is 10.4. The Morgan fingerprint density at radius 1 is 0.708 bits per heavy atom. The molecule has 0 aliphatic carbocycles. The largest absolute Gasteiger partial charge is 0.478 e. The first kappa shape index (κ1) is 29.5. The van der Waals surface area contributed by atoms with Gasteiger partial charge >= 0.3 is 17.9 Å². The zero-order valence-corrected chi connectivity index (χ0v) is 14.0. The van der Waals surface area contributed by atoms with E-state index in [2.05, 4.69) is 19.7 Å². The highest BCUT2D eigenvalue weighted by Crippen LogP contribution is 1.82. The van der Waals surface area contributed by atoms with Crippen molar-refractivity contribution in [1.82, 2.24) is 0 Å². The van der Waals surface area contributed by atoms with Gasteiger partial charge in [0.2, 0.25) is 0 Å². The number of carbonyl (C=O) groups is 3. The molecule has 0 heterocycles. The molecular weight excluding hydrogens is 324 g/mol. The lowest BCUT2D eigenvalue weighted by Crippen LogP contribution is -2.15. The molecule has 0 atom stereocenters. The summed E-state index contributed by atoms with van der Waals surface area (Å²) in [5.41, 5.74) is 0.528. The fourth-order valence-corrected chi connectivity index (χ4v) is 0.0577. The fourth-order valence-electron chi connectivity index (χ4n) is 0.0577. The Morgan fingerprint density at radius 3 is 0.833 bits per heavy atom. The summed E-state index contributed by atoms with van der Waals surface area (Å²) in [5.74, 6) is -2.81. The lowest BCUT2D eigenvalue weighted by Gasteiger charge is -1.96. The molecule has 0 aromatic rings. The maximum Gasteiger partial charge on any atom is 0.330 e. The fraction of sp³-hybridized carbons (Fsp3) is 0.400. The van der Waals surface area contributed by atoms with E-state index in [0.29, 0.717) is 0 Å². The summed E-state index contributed by atoms with van der Waals surface area (Å²) in [4.78, 5) is 28.8. The molecule has 24 heavy (non-hydrogen) atoms. The highest BCUT2D eigenvalue weighted by atomic mass is 16.4. The van der Waals surface area contributed by atoms with Crippen LogP contribution in [0, 0.1) is 0 Å². The van der Waals surface area contributed by atoms with Gasteiger partial charge in [0.25, 0.3) is 0 Å². The smallest absolute Gasteiger partial charge is 0.330 e. The van der Waals surface area contributed by atoms with Crippen molar-refractivity contribution >= 4 is 17.9 Å². The van der Waals surface area contributed by atoms with Crippen molar-refractivity contribution in [3.05, 3.63) is 36.5 Å². The number of hydrogen-bond acceptors (Lipinski definition) is 6. The van der Waals surface area contributed by atoms with Gasteiger partial charge in [-0.3, -0.25) is 0 Å². The molecule has 0 radical (unpaired) electrons. The van der Waals surface area contributed by atoms with Crippen molar-refractivity contribution in [1.29, 1.82) is 0 Å². The molecular formula is C15H26O9. The van der Waals surface area contributed by atoms with Crippen LogP contribution in [0.5, 0.6) is 0 Å². The summed E-state index contributed by atoms with van der Waals surface area (Å²) in [6, 6.07) is 0. The van der Waals surface area contributed by atoms with Crippen molar-refractivity contribution in [3.63, 3.8) is 0 Å². The van der Waals surface area contributed by atoms with Gasteiger partial charge in [0.1, 0.15) is 6.10 Å². The number of rotatable bonds is 5. The molecule has 0 aliphatic heterocycles. The molecule has 0 fully saturated rings. The zero-order chi connectivity index (χ0) is 20.5. The van der Waals surface area contributed by atoms with E-state index in [9.17, 15) is 14.4 Å². The first-order valence-corrected chi connectivity index (χ1v) is 6.30. The summed E-state index contributed by atoms with van der Waals surface area (Å²) >= 11 is 0. The van der Waals surface area contributed by atoms with E-state index < -0.39 is 24.0 Å². The summed E-state index contributed by atoms with van der Waals surface area (Å²) < 4.78 is 0. The van der Waals surface area contributed by atoms with Crippen LogP contribution in [-0.4, -0.2) is 67.9 Å². The van der Waals surface area contributed by atoms with Crippen LogP contribution in [0.4, 0.5) is 0 Å². The number of hydrogen-bond donors (Lipinski definition) is 6. The maximum absolute atomic E-state index is 9.60. The van der Waals surface area contributed by atoms with Crippen molar-refractivity contribution in [2.24, 2.45) is 0 Å². The summed E-state index contributed by atoms with van der Waals surface area (Å²) in [6.07, 6.45) is -0.954. The van der Waals surface area contributed by atoms with Gasteiger partial charge in [-0.1, -0.05) is 19.7 Å². The van der Waals surface area contributed by atoms with E-state index in [-0.39, 0.29) is 29.9 Å². The van der Waals surface area contributed by atoms with Gasteiger partial charge in [-0.15, -0.1) is 0 Å². The predicted molar refractivity (Wildman–Crippen MR) is 87.5 cm³/mol. The minimum Gasteiger partial charge on any atom is -0.478 e. The van der Waals surface area contributed by atoms with Crippen molar-refractivity contribution in [2.75, 3.05) is 13.2 Å². The molecule has 0 saturated heterocycles. The topological polar surface area (TPSA) is 173 Å². The quantitative estimate of drug-likeness (QED) is 0.380. The zero-order valence-electron chi connectivity index (χ0n) is 14.0. The van der Waals surface area contributed by atoms with Crippen LogP contribution < -0.4 is 0 Å². The molecule has 0 saturated carbocycles. The van der Waals surface area contributed by atoms with E-state index in [1.807, 2.05) is 0 Å². The molecule has 0 bridgehead atoms. The molecule has 0 aromatic heterocycles. The Labute approximate surface area is 140 Å². The lowest BCUT2D eigenvalue weighted by molar-refractivity contribution is -0.133. The van der Waals surface area contributed by atoms with Crippen molar-refractivity contribution < 1.29 is 45.0 Å². The number of aliphatic carboxylic acids is 3. The van der Waals surface area contributed by atoms with Crippen LogP contribution in [0.1, 0.15) is 20.8 Å². The minimum absolute atomic E-state index is 0.176. The Kier molecular flexibility index (Phi) is 22.8. The Hall–Kier alpha value is -2.49. The van der Waals surface area contributed by atoms with E-state index in [0.717, 1.165) is 0 Å². The third-order valence-electron chi connectivity index (χ3n) is 1.52. The molecule has 9 nitrogen and oxygen atoms in total. The van der Waals surface area contributed by atoms with Crippen molar-refractivity contribution in [2.45, 2.75) is 26.9 Å². The minimum atomic E-state index is -0.954. The third-order valence-corrected chi connectivity index (χ3v) is 1.52. The standard InChI is InChI=1S/3C4H6O2.C3H8O3/c3*1-3(2)4(5)6;4-1-3(6)2-5/h3*1H2,2H3,(H,5,6);3-6H,1-2H2. The van der Waals surface area contributed by atoms with E-state index in [1.165, 1.54) is 20.8 Å². The number of carboxylic acids is 3. The molecule has 140 valence electrons. The highest BCUT2D eigenvalue weighted by molar-refractivity contribution is 5.85. The van der Waals surface area contributed by atoms with E-state index >= 15 is 0 Å². The van der Waals surface area contributed by atoms with Crippen LogP contribution in [0.25, 0.3) is 0 Å². The highest BCUT2D eigenvalue weighted by Gasteiger charge is 1.94. The number of aliphatic hydroxyl groups excluding tert-OH is 3. The second-order valence-electron chi connectivity index (χ2n) is 4.28. The number of aliphatic hydroxyl groups is 3. The molecule has 6 N–H and O–H groups in total. The maximum atomic E-state index is 9.60. The SMILES string of the molecule is C=C(C)C(=O)O.C=C(C)C(=O)O.C=C(C)C(=O)O.OCC(O)CO. The molecule has 0 amide bonds. The van der Waals surface area contributed by atoms with Gasteiger partial charge in [-0.05, 0) is 20.8 Å². The van der Waals surface area contributed by atoms with Crippen molar-refractivity contribution in [3.8, 4) is 0 Å². The monoisotopic (exact) mass is 350 g/mol. The summed E-state index contributed by atoms with van der Waals surface area (Å²) in [7, 11) is 0. The average molecular weight is 350 g/mol. The van der Waals surface area contributed by atoms with Gasteiger partial charge in [-0.2, -0.15) is 0 Å². The van der Waals surface area contributed by atoms with Gasteiger partial charge in [0, 0.05) is 16.7 Å². The van der Waals surface area contributed by atoms with E-state index in [1.54, 1.807) is 0 Å². The Balaban J connectivity index is -0.000000111. The predicted octanol–water partition coefficient (Wildman–Crippen LogP) is 0.273. The molecule has 0 aliphatic rings. The normalized spacial score (nSPS) is 8.12. The molecule has 9 heteroatoms. The van der Waals surface area contributed by atoms with Gasteiger partial charge in [0.15, 0.2) is 0 Å². The molecule has 0 spiro atoms. The Morgan fingerprint density at radius 2 is 0.833 bits per heavy atom. The van der Waals surface area contributed by atoms with E-state index in [4.69, 9.17) is 30.6 Å². The second kappa shape index (κ2) is 18.6. The van der Waals surface area contributed by atoms with Gasteiger partial charge in [0.05, 0.1) is 13.2 Å². The van der Waals surface area contributed by atoms with Crippen LogP contribution in [0.2, 0.25) is 0 Å². The van der Waals surface area contributed by atoms with Crippen LogP contribution in [-0.2, 0) is 14.4 Å². The van der Waals surface area contributed by atoms with Crippen LogP contribution in [0.3, 0.4) is 0 Å². The molecule has 0 aromatic carbocycles. The van der Waals surface area contributed by atoms with Gasteiger partial charge in [-0.25, -0.2) is 14.4 Å². The molecule has 0 unspecified atom stereocenters. The van der Waals surface area contributed by atoms with Gasteiger partial charge < -0.3 is 30.6 Å². The van der Waals surface area contributed by atoms with Crippen LogP contribution in [0.15, 0.2) is 36.5 Å². The average Bonchev–Trinajstić information content (AvgIpc) is 2.47. The first-order valence-electron chi connectivity index (χ1n) is 6.30. The number of carboxylic acid groups (broad SMARTS) is 3. The van der Waals surface area contributed by atoms with Crippen LogP contribution >= 0.6 is 0 Å².